The topological polar surface area (TPSA) is 18.0 Å². The smallest absolute Gasteiger partial charge is 0.0568 e. The van der Waals surface area contributed by atoms with Crippen molar-refractivity contribution in [3.63, 3.8) is 0 Å². The summed E-state index contributed by atoms with van der Waals surface area (Å²) < 4.78 is 7.09. The molecule has 0 N–H and O–H groups in total. The zero-order valence-electron chi connectivity index (χ0n) is 37.2. The van der Waals surface area contributed by atoms with Crippen LogP contribution in [0.2, 0.25) is 0 Å². The summed E-state index contributed by atoms with van der Waals surface area (Å²) in [5, 5.41) is 18.7. The van der Waals surface area contributed by atoms with E-state index < -0.39 is 0 Å². The number of rotatable bonds is 0. The van der Waals surface area contributed by atoms with Crippen molar-refractivity contribution >= 4 is 114 Å². The van der Waals surface area contributed by atoms with E-state index >= 15 is 0 Å². The van der Waals surface area contributed by atoms with E-state index in [-0.39, 0.29) is 0 Å². The number of nitrogens with zero attached hydrogens (tertiary/aromatic N) is 4. The molecule has 0 radical (unpaired) electrons. The first kappa shape index (κ1) is 37.7. The van der Waals surface area contributed by atoms with Gasteiger partial charge in [0.25, 0.3) is 0 Å². The predicted molar refractivity (Wildman–Crippen MR) is 274 cm³/mol. The zero-order valence-corrected chi connectivity index (χ0v) is 37.2. The molecule has 3 atom stereocenters. The van der Waals surface area contributed by atoms with E-state index in [1.165, 1.54) is 121 Å². The largest absolute Gasteiger partial charge is 0.367 e. The molecule has 0 bridgehead atoms. The van der Waals surface area contributed by atoms with Crippen LogP contribution in [0.15, 0.2) is 158 Å². The Morgan fingerprint density at radius 1 is 0.429 bits per heavy atom. The van der Waals surface area contributed by atoms with Crippen molar-refractivity contribution in [2.75, 3.05) is 11.9 Å². The number of aromatic nitrogens is 3. The Labute approximate surface area is 367 Å². The molecule has 14 rings (SSSR count). The number of hydrogen-bond acceptors (Lipinski definition) is 1. The van der Waals surface area contributed by atoms with E-state index in [0.717, 1.165) is 0 Å². The molecule has 3 unspecified atom stereocenters. The average Bonchev–Trinajstić information content (AvgIpc) is 3.99. The van der Waals surface area contributed by atoms with Crippen molar-refractivity contribution < 1.29 is 0 Å². The van der Waals surface area contributed by atoms with E-state index in [2.05, 4.69) is 211 Å². The van der Waals surface area contributed by atoms with Gasteiger partial charge in [0.05, 0.1) is 11.6 Å². The van der Waals surface area contributed by atoms with Crippen LogP contribution in [0, 0.1) is 5.92 Å². The van der Waals surface area contributed by atoms with Crippen molar-refractivity contribution in [3.05, 3.63) is 163 Å². The van der Waals surface area contributed by atoms with E-state index in [1.807, 2.05) is 13.8 Å². The second kappa shape index (κ2) is 14.0. The van der Waals surface area contributed by atoms with Crippen LogP contribution in [0.25, 0.3) is 109 Å². The number of benzene rings is 9. The zero-order chi connectivity index (χ0) is 42.8. The minimum Gasteiger partial charge on any atom is -0.367 e. The fourth-order valence-corrected chi connectivity index (χ4v) is 11.9. The lowest BCUT2D eigenvalue weighted by Crippen LogP contribution is -2.33. The Bertz CT molecular complexity index is 3890. The number of para-hydroxylation sites is 1. The molecule has 0 spiro atoms. The second-order valence-electron chi connectivity index (χ2n) is 18.0. The fourth-order valence-electron chi connectivity index (χ4n) is 11.9. The van der Waals surface area contributed by atoms with Crippen molar-refractivity contribution in [2.24, 2.45) is 27.1 Å². The summed E-state index contributed by atoms with van der Waals surface area (Å²) in [4.78, 5) is 2.50. The Morgan fingerprint density at radius 2 is 0.984 bits per heavy atom. The van der Waals surface area contributed by atoms with E-state index in [4.69, 9.17) is 0 Å². The Kier molecular flexibility index (Phi) is 8.37. The minimum absolute atomic E-state index is 0.476. The third-order valence-corrected chi connectivity index (χ3v) is 14.9. The molecule has 4 heterocycles. The quantitative estimate of drug-likeness (QED) is 0.110. The third kappa shape index (κ3) is 5.27. The van der Waals surface area contributed by atoms with Crippen LogP contribution in [0.1, 0.15) is 38.7 Å². The summed E-state index contributed by atoms with van der Waals surface area (Å²) >= 11 is 0. The molecule has 4 nitrogen and oxygen atoms in total. The van der Waals surface area contributed by atoms with Gasteiger partial charge in [-0.25, -0.2) is 0 Å². The highest BCUT2D eigenvalue weighted by molar-refractivity contribution is 6.31. The average molecular weight is 817 g/mol. The number of likely N-dealkylation sites (N-methyl/N-ethyl adjacent to an activating group) is 1. The minimum atomic E-state index is 0.476. The molecule has 0 saturated carbocycles. The van der Waals surface area contributed by atoms with Crippen molar-refractivity contribution in [1.29, 1.82) is 0 Å². The summed E-state index contributed by atoms with van der Waals surface area (Å²) in [6, 6.07) is 54.6. The van der Waals surface area contributed by atoms with E-state index in [1.54, 1.807) is 5.56 Å². The number of aryl methyl sites for hydroxylation is 3. The molecule has 0 amide bonds. The van der Waals surface area contributed by atoms with Crippen LogP contribution in [-0.2, 0) is 21.1 Å². The lowest BCUT2D eigenvalue weighted by Gasteiger charge is -2.31. The fraction of sp³-hybridized carbons (Fsp3) is 0.186. The first-order valence-electron chi connectivity index (χ1n) is 22.8. The van der Waals surface area contributed by atoms with Crippen LogP contribution < -0.4 is 4.90 Å². The van der Waals surface area contributed by atoms with Crippen LogP contribution in [0.4, 0.5) is 5.69 Å². The third-order valence-electron chi connectivity index (χ3n) is 14.9. The lowest BCUT2D eigenvalue weighted by molar-refractivity contribution is 0.426. The summed E-state index contributed by atoms with van der Waals surface area (Å²) in [5.74, 6) is 1.22. The van der Waals surface area contributed by atoms with Crippen LogP contribution in [0.3, 0.4) is 0 Å². The SMILES string of the molecule is CC.CC1CC=CC2C1c1c(ccc3c1c1cc4cc5ccccc5cc4cc1n3C)N2C.Cn1c2ccccc2c2c3c4ccc5cc6ccccc6cc5c4n(C)c3ccc21. The maximum absolute atomic E-state index is 2.50. The van der Waals surface area contributed by atoms with Gasteiger partial charge in [-0.05, 0) is 122 Å². The Balaban J connectivity index is 0.000000129. The molecule has 63 heavy (non-hydrogen) atoms. The summed E-state index contributed by atoms with van der Waals surface area (Å²) in [7, 11) is 8.87. The molecule has 3 aromatic heterocycles. The highest BCUT2D eigenvalue weighted by Gasteiger charge is 2.41. The second-order valence-corrected chi connectivity index (χ2v) is 18.0. The highest BCUT2D eigenvalue weighted by Crippen LogP contribution is 2.52. The summed E-state index contributed by atoms with van der Waals surface area (Å²) in [6.45, 7) is 6.43. The maximum atomic E-state index is 2.50. The Hall–Kier alpha value is -7.04. The molecule has 0 saturated heterocycles. The summed E-state index contributed by atoms with van der Waals surface area (Å²) in [5.41, 5.74) is 10.8. The number of allylic oxidation sites excluding steroid dienone is 1. The number of anilines is 1. The van der Waals surface area contributed by atoms with Gasteiger partial charge in [-0.1, -0.05) is 112 Å². The summed E-state index contributed by atoms with van der Waals surface area (Å²) in [6.07, 6.45) is 5.99. The standard InChI is InChI=1S/C29H26N2.C28H20N2.C2H6/c1-17-7-6-10-23-27(17)29-25(30(23)2)12-11-24-28(29)22-15-20-13-18-8-4-5-9-19(18)14-21(20)16-26(22)31(24)3;1-29-23-10-6-5-9-20(23)26-24(29)13-14-25-27(26)21-12-11-19-15-17-7-3-4-8-18(17)16-22(19)28(21)30(25)2;1-2/h4-6,8-17,23,27H,7H2,1-3H3;3-16H,1-2H3;1-2H3. The molecule has 1 aliphatic carbocycles. The molecule has 4 heteroatoms. The van der Waals surface area contributed by atoms with Gasteiger partial charge < -0.3 is 18.6 Å². The van der Waals surface area contributed by atoms with Crippen LogP contribution in [-0.4, -0.2) is 26.8 Å². The van der Waals surface area contributed by atoms with Gasteiger partial charge in [0.15, 0.2) is 0 Å². The predicted octanol–water partition coefficient (Wildman–Crippen LogP) is 15.4. The van der Waals surface area contributed by atoms with Gasteiger partial charge in [0.2, 0.25) is 0 Å². The van der Waals surface area contributed by atoms with E-state index in [9.17, 15) is 0 Å². The van der Waals surface area contributed by atoms with Crippen molar-refractivity contribution in [1.82, 2.24) is 13.7 Å². The lowest BCUT2D eigenvalue weighted by atomic mass is 9.77. The molecule has 308 valence electrons. The van der Waals surface area contributed by atoms with Gasteiger partial charge in [0, 0.05) is 105 Å². The first-order valence-corrected chi connectivity index (χ1v) is 22.8. The van der Waals surface area contributed by atoms with Crippen molar-refractivity contribution in [2.45, 2.75) is 39.2 Å². The highest BCUT2D eigenvalue weighted by atomic mass is 15.2. The molecule has 12 aromatic rings. The molecular formula is C59H52N4. The monoisotopic (exact) mass is 816 g/mol. The molecule has 2 aliphatic rings. The van der Waals surface area contributed by atoms with Gasteiger partial charge in [-0.15, -0.1) is 0 Å². The normalized spacial score (nSPS) is 17.1. The van der Waals surface area contributed by atoms with E-state index in [0.29, 0.717) is 17.9 Å². The van der Waals surface area contributed by atoms with Crippen LogP contribution >= 0.6 is 0 Å². The first-order chi connectivity index (χ1) is 30.8. The maximum Gasteiger partial charge on any atom is 0.0568 e. The molecule has 1 aliphatic heterocycles. The number of hydrogen-bond donors (Lipinski definition) is 0. The number of fused-ring (bicyclic) bond motifs is 19. The molecule has 0 fully saturated rings. The van der Waals surface area contributed by atoms with Gasteiger partial charge >= 0.3 is 0 Å². The molecule has 9 aromatic carbocycles. The Morgan fingerprint density at radius 3 is 1.71 bits per heavy atom. The van der Waals surface area contributed by atoms with Crippen molar-refractivity contribution in [3.8, 4) is 0 Å². The van der Waals surface area contributed by atoms with Gasteiger partial charge in [-0.3, -0.25) is 0 Å². The van der Waals surface area contributed by atoms with Crippen LogP contribution in [0.5, 0.6) is 0 Å². The molecular weight excluding hydrogens is 765 g/mol. The van der Waals surface area contributed by atoms with Gasteiger partial charge in [-0.2, -0.15) is 0 Å². The van der Waals surface area contributed by atoms with Gasteiger partial charge in [0.1, 0.15) is 0 Å².